The summed E-state index contributed by atoms with van der Waals surface area (Å²) >= 11 is 0. The number of amides is 1. The molecule has 0 saturated carbocycles. The van der Waals surface area contributed by atoms with Gasteiger partial charge in [0.1, 0.15) is 6.54 Å². The van der Waals surface area contributed by atoms with Crippen molar-refractivity contribution in [3.8, 4) is 0 Å². The molecule has 0 aromatic heterocycles. The van der Waals surface area contributed by atoms with E-state index in [0.717, 1.165) is 4.31 Å². The fraction of sp³-hybridized carbons (Fsp3) is 0.188. The Kier molecular flexibility index (Phi) is 4.82. The van der Waals surface area contributed by atoms with E-state index in [-0.39, 0.29) is 17.3 Å². The molecule has 2 aromatic rings. The molecule has 22 heavy (non-hydrogen) atoms. The number of hydrogen-bond acceptors (Lipinski definition) is 3. The molecule has 6 heteroatoms. The highest BCUT2D eigenvalue weighted by Crippen LogP contribution is 2.23. The highest BCUT2D eigenvalue weighted by molar-refractivity contribution is 7.92. The smallest absolute Gasteiger partial charge is 0.264 e. The number of anilines is 1. The van der Waals surface area contributed by atoms with E-state index in [4.69, 9.17) is 0 Å². The van der Waals surface area contributed by atoms with Crippen molar-refractivity contribution in [2.45, 2.75) is 4.90 Å². The van der Waals surface area contributed by atoms with Crippen LogP contribution in [-0.2, 0) is 14.8 Å². The summed E-state index contributed by atoms with van der Waals surface area (Å²) in [6, 6.07) is 16.7. The number of rotatable bonds is 5. The van der Waals surface area contributed by atoms with Crippen LogP contribution >= 0.6 is 0 Å². The van der Waals surface area contributed by atoms with Crippen LogP contribution in [0.5, 0.6) is 0 Å². The maximum absolute atomic E-state index is 12.8. The Morgan fingerprint density at radius 3 is 1.91 bits per heavy atom. The van der Waals surface area contributed by atoms with Gasteiger partial charge in [0.15, 0.2) is 0 Å². The molecule has 0 spiro atoms. The SMILES string of the molecule is CN(C)C(=O)CN(c1ccccc1)S(=O)(=O)c1ccccc1. The molecule has 0 N–H and O–H groups in total. The molecule has 1 amide bonds. The van der Waals surface area contributed by atoms with E-state index in [2.05, 4.69) is 0 Å². The summed E-state index contributed by atoms with van der Waals surface area (Å²) in [6.45, 7) is -0.242. The van der Waals surface area contributed by atoms with Crippen LogP contribution in [0, 0.1) is 0 Å². The van der Waals surface area contributed by atoms with Crippen molar-refractivity contribution in [3.63, 3.8) is 0 Å². The number of nitrogens with zero attached hydrogens (tertiary/aromatic N) is 2. The number of likely N-dealkylation sites (N-methyl/N-ethyl adjacent to an activating group) is 1. The lowest BCUT2D eigenvalue weighted by atomic mass is 10.3. The predicted molar refractivity (Wildman–Crippen MR) is 86.1 cm³/mol. The quantitative estimate of drug-likeness (QED) is 0.847. The van der Waals surface area contributed by atoms with Crippen LogP contribution in [0.2, 0.25) is 0 Å². The zero-order chi connectivity index (χ0) is 16.2. The minimum Gasteiger partial charge on any atom is -0.347 e. The summed E-state index contributed by atoms with van der Waals surface area (Å²) in [5, 5.41) is 0. The van der Waals surface area contributed by atoms with Gasteiger partial charge >= 0.3 is 0 Å². The molecule has 0 radical (unpaired) electrons. The van der Waals surface area contributed by atoms with Crippen LogP contribution in [0.15, 0.2) is 65.6 Å². The van der Waals surface area contributed by atoms with Gasteiger partial charge in [0.2, 0.25) is 5.91 Å². The van der Waals surface area contributed by atoms with Crippen molar-refractivity contribution in [1.29, 1.82) is 0 Å². The third kappa shape index (κ3) is 3.46. The summed E-state index contributed by atoms with van der Waals surface area (Å²) in [7, 11) is -0.601. The average Bonchev–Trinajstić information content (AvgIpc) is 2.53. The van der Waals surface area contributed by atoms with Gasteiger partial charge in [-0.05, 0) is 24.3 Å². The average molecular weight is 318 g/mol. The van der Waals surface area contributed by atoms with Crippen molar-refractivity contribution < 1.29 is 13.2 Å². The number of hydrogen-bond donors (Lipinski definition) is 0. The molecule has 0 aliphatic heterocycles. The summed E-state index contributed by atoms with van der Waals surface area (Å²) in [6.07, 6.45) is 0. The third-order valence-electron chi connectivity index (χ3n) is 3.15. The van der Waals surface area contributed by atoms with Gasteiger partial charge in [-0.3, -0.25) is 9.10 Å². The zero-order valence-electron chi connectivity index (χ0n) is 12.5. The molecule has 0 aliphatic rings. The summed E-state index contributed by atoms with van der Waals surface area (Å²) in [5.74, 6) is -0.289. The summed E-state index contributed by atoms with van der Waals surface area (Å²) < 4.78 is 26.8. The van der Waals surface area contributed by atoms with E-state index in [0.29, 0.717) is 5.69 Å². The fourth-order valence-corrected chi connectivity index (χ4v) is 3.33. The first-order chi connectivity index (χ1) is 10.4. The van der Waals surface area contributed by atoms with Crippen molar-refractivity contribution in [3.05, 3.63) is 60.7 Å². The van der Waals surface area contributed by atoms with E-state index < -0.39 is 10.0 Å². The fourth-order valence-electron chi connectivity index (χ4n) is 1.89. The topological polar surface area (TPSA) is 57.7 Å². The van der Waals surface area contributed by atoms with E-state index in [9.17, 15) is 13.2 Å². The van der Waals surface area contributed by atoms with Gasteiger partial charge < -0.3 is 4.90 Å². The largest absolute Gasteiger partial charge is 0.347 e. The minimum atomic E-state index is -3.80. The van der Waals surface area contributed by atoms with Gasteiger partial charge in [0.25, 0.3) is 10.0 Å². The van der Waals surface area contributed by atoms with Gasteiger partial charge in [-0.25, -0.2) is 8.42 Å². The molecule has 0 atom stereocenters. The molecular weight excluding hydrogens is 300 g/mol. The van der Waals surface area contributed by atoms with Crippen LogP contribution in [0.4, 0.5) is 5.69 Å². The molecule has 0 unspecified atom stereocenters. The number of carbonyl (C=O) groups excluding carboxylic acids is 1. The van der Waals surface area contributed by atoms with Gasteiger partial charge in [-0.15, -0.1) is 0 Å². The Morgan fingerprint density at radius 2 is 1.41 bits per heavy atom. The Bertz CT molecular complexity index is 729. The van der Waals surface area contributed by atoms with E-state index in [1.165, 1.54) is 17.0 Å². The number of sulfonamides is 1. The first-order valence-electron chi connectivity index (χ1n) is 6.76. The molecule has 2 rings (SSSR count). The second-order valence-electron chi connectivity index (χ2n) is 4.95. The first kappa shape index (κ1) is 16.0. The number of para-hydroxylation sites is 1. The van der Waals surface area contributed by atoms with E-state index in [1.54, 1.807) is 62.6 Å². The molecule has 0 bridgehead atoms. The van der Waals surface area contributed by atoms with Crippen LogP contribution in [0.1, 0.15) is 0 Å². The summed E-state index contributed by atoms with van der Waals surface area (Å²) in [5.41, 5.74) is 0.460. The van der Waals surface area contributed by atoms with Gasteiger partial charge in [0, 0.05) is 14.1 Å². The molecule has 5 nitrogen and oxygen atoms in total. The highest BCUT2D eigenvalue weighted by atomic mass is 32.2. The number of carbonyl (C=O) groups is 1. The monoisotopic (exact) mass is 318 g/mol. The second-order valence-corrected chi connectivity index (χ2v) is 6.81. The summed E-state index contributed by atoms with van der Waals surface area (Å²) in [4.78, 5) is 13.6. The van der Waals surface area contributed by atoms with Crippen molar-refractivity contribution >= 4 is 21.6 Å². The molecular formula is C16H18N2O3S. The Labute approximate surface area is 130 Å². The molecule has 0 aliphatic carbocycles. The van der Waals surface area contributed by atoms with Gasteiger partial charge in [-0.2, -0.15) is 0 Å². The van der Waals surface area contributed by atoms with E-state index in [1.807, 2.05) is 0 Å². The standard InChI is InChI=1S/C16H18N2O3S/c1-17(2)16(19)13-18(14-9-5-3-6-10-14)22(20,21)15-11-7-4-8-12-15/h3-12H,13H2,1-2H3. The van der Waals surface area contributed by atoms with Crippen molar-refractivity contribution in [1.82, 2.24) is 4.90 Å². The lowest BCUT2D eigenvalue weighted by Gasteiger charge is -2.25. The Balaban J connectivity index is 2.47. The Morgan fingerprint density at radius 1 is 0.909 bits per heavy atom. The predicted octanol–water partition coefficient (Wildman–Crippen LogP) is 1.97. The van der Waals surface area contributed by atoms with Crippen LogP contribution in [0.3, 0.4) is 0 Å². The van der Waals surface area contributed by atoms with Crippen LogP contribution < -0.4 is 4.31 Å². The lowest BCUT2D eigenvalue weighted by molar-refractivity contribution is -0.127. The number of benzene rings is 2. The lowest BCUT2D eigenvalue weighted by Crippen LogP contribution is -2.40. The van der Waals surface area contributed by atoms with Crippen LogP contribution in [0.25, 0.3) is 0 Å². The van der Waals surface area contributed by atoms with Crippen LogP contribution in [-0.4, -0.2) is 39.9 Å². The third-order valence-corrected chi connectivity index (χ3v) is 4.94. The van der Waals surface area contributed by atoms with Crippen molar-refractivity contribution in [2.75, 3.05) is 24.9 Å². The molecule has 116 valence electrons. The molecule has 2 aromatic carbocycles. The maximum Gasteiger partial charge on any atom is 0.264 e. The Hall–Kier alpha value is -2.34. The van der Waals surface area contributed by atoms with E-state index >= 15 is 0 Å². The molecule has 0 fully saturated rings. The maximum atomic E-state index is 12.8. The first-order valence-corrected chi connectivity index (χ1v) is 8.20. The van der Waals surface area contributed by atoms with Crippen molar-refractivity contribution in [2.24, 2.45) is 0 Å². The highest BCUT2D eigenvalue weighted by Gasteiger charge is 2.27. The normalized spacial score (nSPS) is 11.0. The molecule has 0 saturated heterocycles. The second kappa shape index (κ2) is 6.62. The molecule has 0 heterocycles. The zero-order valence-corrected chi connectivity index (χ0v) is 13.3. The van der Waals surface area contributed by atoms with Gasteiger partial charge in [-0.1, -0.05) is 36.4 Å². The minimum absolute atomic E-state index is 0.158. The van der Waals surface area contributed by atoms with Gasteiger partial charge in [0.05, 0.1) is 10.6 Å².